The molecule has 0 atom stereocenters. The van der Waals surface area contributed by atoms with Gasteiger partial charge in [-0.25, -0.2) is 0 Å². The minimum atomic E-state index is 1.09. The van der Waals surface area contributed by atoms with Crippen molar-refractivity contribution in [3.05, 3.63) is 23.5 Å². The summed E-state index contributed by atoms with van der Waals surface area (Å²) in [6, 6.07) is 4.42. The zero-order chi connectivity index (χ0) is 10.7. The number of fused-ring (bicyclic) bond motifs is 2. The molecule has 1 aromatic rings. The number of aromatic nitrogens is 1. The molecule has 2 heterocycles. The SMILES string of the molecule is CN(C)c1cc2nc(c1)CCSSCC2. The van der Waals surface area contributed by atoms with Crippen LogP contribution in [-0.4, -0.2) is 30.6 Å². The van der Waals surface area contributed by atoms with E-state index in [4.69, 9.17) is 0 Å². The molecule has 1 aromatic heterocycles. The highest BCUT2D eigenvalue weighted by Crippen LogP contribution is 2.26. The monoisotopic (exact) mass is 240 g/mol. The molecule has 2 bridgehead atoms. The van der Waals surface area contributed by atoms with Crippen molar-refractivity contribution < 1.29 is 0 Å². The van der Waals surface area contributed by atoms with E-state index < -0.39 is 0 Å². The number of anilines is 1. The molecule has 1 aliphatic rings. The first-order chi connectivity index (χ1) is 7.25. The molecule has 0 N–H and O–H groups in total. The first-order valence-electron chi connectivity index (χ1n) is 5.17. The summed E-state index contributed by atoms with van der Waals surface area (Å²) in [7, 11) is 8.11. The lowest BCUT2D eigenvalue weighted by molar-refractivity contribution is 0.958. The van der Waals surface area contributed by atoms with Gasteiger partial charge in [-0.05, 0) is 25.0 Å². The van der Waals surface area contributed by atoms with Gasteiger partial charge in [0.25, 0.3) is 0 Å². The average Bonchev–Trinajstić information content (AvgIpc) is 2.29. The van der Waals surface area contributed by atoms with Crippen LogP contribution in [0.2, 0.25) is 0 Å². The van der Waals surface area contributed by atoms with Crippen molar-refractivity contribution in [1.82, 2.24) is 4.98 Å². The van der Waals surface area contributed by atoms with E-state index in [1.807, 2.05) is 21.6 Å². The molecule has 0 spiro atoms. The molecule has 0 unspecified atom stereocenters. The minimum absolute atomic E-state index is 1.09. The predicted molar refractivity (Wildman–Crippen MR) is 70.9 cm³/mol. The number of nitrogens with zero attached hydrogens (tertiary/aromatic N) is 2. The van der Waals surface area contributed by atoms with Crippen molar-refractivity contribution in [2.45, 2.75) is 12.8 Å². The number of hydrogen-bond donors (Lipinski definition) is 0. The molecule has 2 rings (SSSR count). The summed E-state index contributed by atoms with van der Waals surface area (Å²) in [5.74, 6) is 2.35. The highest BCUT2D eigenvalue weighted by Gasteiger charge is 2.07. The van der Waals surface area contributed by atoms with Gasteiger partial charge in [0.05, 0.1) is 0 Å². The van der Waals surface area contributed by atoms with Crippen LogP contribution in [0, 0.1) is 0 Å². The molecule has 2 nitrogen and oxygen atoms in total. The van der Waals surface area contributed by atoms with E-state index in [9.17, 15) is 0 Å². The number of aryl methyl sites for hydroxylation is 2. The van der Waals surface area contributed by atoms with Crippen LogP contribution in [0.4, 0.5) is 5.69 Å². The van der Waals surface area contributed by atoms with Crippen molar-refractivity contribution in [2.24, 2.45) is 0 Å². The summed E-state index contributed by atoms with van der Waals surface area (Å²) in [4.78, 5) is 6.84. The predicted octanol–water partition coefficient (Wildman–Crippen LogP) is 2.63. The fourth-order valence-corrected chi connectivity index (χ4v) is 3.58. The van der Waals surface area contributed by atoms with Gasteiger partial charge >= 0.3 is 0 Å². The molecule has 0 radical (unpaired) electrons. The lowest BCUT2D eigenvalue weighted by Crippen LogP contribution is -2.11. The van der Waals surface area contributed by atoms with Crippen LogP contribution in [0.5, 0.6) is 0 Å². The molecule has 0 aliphatic carbocycles. The van der Waals surface area contributed by atoms with E-state index in [1.54, 1.807) is 0 Å². The standard InChI is InChI=1S/C11H16N2S2/c1-13(2)11-7-9-3-5-14-15-6-4-10(8-11)12-9/h7-8H,3-6H2,1-2H3. The van der Waals surface area contributed by atoms with E-state index in [2.05, 4.69) is 36.1 Å². The van der Waals surface area contributed by atoms with Gasteiger partial charge in [-0.1, -0.05) is 21.6 Å². The van der Waals surface area contributed by atoms with E-state index in [0.29, 0.717) is 0 Å². The van der Waals surface area contributed by atoms with Gasteiger partial charge in [-0.15, -0.1) is 0 Å². The summed E-state index contributed by atoms with van der Waals surface area (Å²) < 4.78 is 0. The second kappa shape index (κ2) is 5.12. The molecule has 4 heteroatoms. The van der Waals surface area contributed by atoms with Crippen LogP contribution >= 0.6 is 21.6 Å². The summed E-state index contributed by atoms with van der Waals surface area (Å²) in [5, 5.41) is 0. The van der Waals surface area contributed by atoms with Gasteiger partial charge in [0.2, 0.25) is 0 Å². The Labute approximate surface area is 99.2 Å². The maximum absolute atomic E-state index is 4.68. The minimum Gasteiger partial charge on any atom is -0.378 e. The van der Waals surface area contributed by atoms with Crippen molar-refractivity contribution in [1.29, 1.82) is 0 Å². The molecule has 0 saturated carbocycles. The van der Waals surface area contributed by atoms with Crippen molar-refractivity contribution in [2.75, 3.05) is 30.5 Å². The van der Waals surface area contributed by atoms with E-state index in [-0.39, 0.29) is 0 Å². The number of rotatable bonds is 1. The Balaban J connectivity index is 2.30. The van der Waals surface area contributed by atoms with Crippen molar-refractivity contribution >= 4 is 27.3 Å². The maximum atomic E-state index is 4.68. The Morgan fingerprint density at radius 2 is 1.60 bits per heavy atom. The molecule has 0 amide bonds. The quantitative estimate of drug-likeness (QED) is 0.701. The van der Waals surface area contributed by atoms with Crippen molar-refractivity contribution in [3.8, 4) is 0 Å². The summed E-state index contributed by atoms with van der Waals surface area (Å²) in [6.07, 6.45) is 2.18. The van der Waals surface area contributed by atoms with Gasteiger partial charge in [-0.2, -0.15) is 0 Å². The van der Waals surface area contributed by atoms with E-state index in [0.717, 1.165) is 12.8 Å². The third kappa shape index (κ3) is 3.05. The third-order valence-corrected chi connectivity index (χ3v) is 4.81. The molecule has 0 saturated heterocycles. The zero-order valence-corrected chi connectivity index (χ0v) is 10.8. The first kappa shape index (κ1) is 11.1. The largest absolute Gasteiger partial charge is 0.378 e. The molecule has 0 fully saturated rings. The molecular formula is C11H16N2S2. The van der Waals surface area contributed by atoms with Gasteiger partial charge in [0.1, 0.15) is 0 Å². The summed E-state index contributed by atoms with van der Waals surface area (Å²) >= 11 is 0. The van der Waals surface area contributed by atoms with Crippen LogP contribution in [0.1, 0.15) is 11.4 Å². The lowest BCUT2D eigenvalue weighted by Gasteiger charge is -2.14. The number of hydrogen-bond acceptors (Lipinski definition) is 4. The first-order valence-corrected chi connectivity index (χ1v) is 7.66. The van der Waals surface area contributed by atoms with Crippen LogP contribution in [0.15, 0.2) is 12.1 Å². The van der Waals surface area contributed by atoms with Crippen LogP contribution in [0.3, 0.4) is 0 Å². The Bertz CT molecular complexity index is 313. The second-order valence-corrected chi connectivity index (χ2v) is 6.55. The highest BCUT2D eigenvalue weighted by molar-refractivity contribution is 8.76. The fraction of sp³-hybridized carbons (Fsp3) is 0.545. The molecule has 1 aliphatic heterocycles. The summed E-state index contributed by atoms with van der Waals surface area (Å²) in [5.41, 5.74) is 3.77. The molecular weight excluding hydrogens is 224 g/mol. The zero-order valence-electron chi connectivity index (χ0n) is 9.19. The average molecular weight is 240 g/mol. The van der Waals surface area contributed by atoms with E-state index >= 15 is 0 Å². The summed E-state index contributed by atoms with van der Waals surface area (Å²) in [6.45, 7) is 0. The Kier molecular flexibility index (Phi) is 3.81. The van der Waals surface area contributed by atoms with Crippen LogP contribution in [-0.2, 0) is 12.8 Å². The van der Waals surface area contributed by atoms with Crippen molar-refractivity contribution in [3.63, 3.8) is 0 Å². The van der Waals surface area contributed by atoms with Gasteiger partial charge in [0.15, 0.2) is 0 Å². The van der Waals surface area contributed by atoms with Gasteiger partial charge in [0, 0.05) is 42.7 Å². The maximum Gasteiger partial charge on any atom is 0.0436 e. The molecule has 15 heavy (non-hydrogen) atoms. The van der Waals surface area contributed by atoms with Crippen LogP contribution < -0.4 is 4.90 Å². The Morgan fingerprint density at radius 1 is 1.07 bits per heavy atom. The van der Waals surface area contributed by atoms with E-state index in [1.165, 1.54) is 28.6 Å². The Morgan fingerprint density at radius 3 is 2.07 bits per heavy atom. The van der Waals surface area contributed by atoms with Crippen LogP contribution in [0.25, 0.3) is 0 Å². The molecule has 82 valence electrons. The molecule has 0 aromatic carbocycles. The fourth-order valence-electron chi connectivity index (χ4n) is 1.56. The number of pyridine rings is 1. The second-order valence-electron chi connectivity index (χ2n) is 3.85. The van der Waals surface area contributed by atoms with Gasteiger partial charge < -0.3 is 4.90 Å². The van der Waals surface area contributed by atoms with Gasteiger partial charge in [-0.3, -0.25) is 4.98 Å². The normalized spacial score (nSPS) is 16.4. The topological polar surface area (TPSA) is 16.1 Å². The third-order valence-electron chi connectivity index (χ3n) is 2.40. The lowest BCUT2D eigenvalue weighted by atomic mass is 10.2. The smallest absolute Gasteiger partial charge is 0.0436 e. The highest BCUT2D eigenvalue weighted by atomic mass is 33.1. The Hall–Kier alpha value is -0.350.